The molecule has 60 valence electrons. The van der Waals surface area contributed by atoms with Crippen molar-refractivity contribution in [3.8, 4) is 0 Å². The first kappa shape index (κ1) is 6.64. The van der Waals surface area contributed by atoms with E-state index in [0.29, 0.717) is 0 Å². The van der Waals surface area contributed by atoms with Crippen LogP contribution in [0.2, 0.25) is 0 Å². The summed E-state index contributed by atoms with van der Waals surface area (Å²) >= 11 is 0. The van der Waals surface area contributed by atoms with Crippen LogP contribution < -0.4 is 4.90 Å². The zero-order chi connectivity index (χ0) is 7.68. The normalized spacial score (nSPS) is 17.7. The molecule has 1 aromatic rings. The molecule has 0 aromatic carbocycles. The van der Waals surface area contributed by atoms with Gasteiger partial charge in [-0.1, -0.05) is 0 Å². The summed E-state index contributed by atoms with van der Waals surface area (Å²) in [5.41, 5.74) is 0. The second kappa shape index (κ2) is 2.53. The average Bonchev–Trinajstić information content (AvgIpc) is 2.55. The molecule has 11 heavy (non-hydrogen) atoms. The van der Waals surface area contributed by atoms with E-state index >= 15 is 0 Å². The predicted molar refractivity (Wildman–Crippen MR) is 42.5 cm³/mol. The molecule has 2 heterocycles. The van der Waals surface area contributed by atoms with Gasteiger partial charge in [-0.25, -0.2) is 0 Å². The summed E-state index contributed by atoms with van der Waals surface area (Å²) < 4.78 is 0. The number of hydrogen-bond donors (Lipinski definition) is 0. The van der Waals surface area contributed by atoms with Gasteiger partial charge in [0.15, 0.2) is 5.82 Å². The number of anilines is 1. The number of aromatic nitrogens is 3. The fourth-order valence-electron chi connectivity index (χ4n) is 1.43. The molecule has 4 nitrogen and oxygen atoms in total. The summed E-state index contributed by atoms with van der Waals surface area (Å²) in [7, 11) is 1.85. The molecule has 1 aliphatic heterocycles. The van der Waals surface area contributed by atoms with Gasteiger partial charge in [-0.05, 0) is 12.8 Å². The molecule has 1 aliphatic rings. The van der Waals surface area contributed by atoms with Crippen molar-refractivity contribution in [3.05, 3.63) is 6.20 Å². The summed E-state index contributed by atoms with van der Waals surface area (Å²) in [4.78, 5) is 3.88. The van der Waals surface area contributed by atoms with Gasteiger partial charge < -0.3 is 4.90 Å². The molecule has 0 unspecified atom stereocenters. The van der Waals surface area contributed by atoms with Crippen molar-refractivity contribution in [1.82, 2.24) is 15.0 Å². The molecule has 0 radical (unpaired) electrons. The first-order chi connectivity index (χ1) is 5.36. The maximum Gasteiger partial charge on any atom is 0.171 e. The van der Waals surface area contributed by atoms with Crippen molar-refractivity contribution in [2.45, 2.75) is 12.8 Å². The fraction of sp³-hybridized carbons (Fsp3) is 0.714. The summed E-state index contributed by atoms with van der Waals surface area (Å²) in [5.74, 6) is 1.02. The van der Waals surface area contributed by atoms with Gasteiger partial charge in [0.2, 0.25) is 0 Å². The smallest absolute Gasteiger partial charge is 0.171 e. The van der Waals surface area contributed by atoms with Gasteiger partial charge in [0.1, 0.15) is 0 Å². The molecule has 0 spiro atoms. The van der Waals surface area contributed by atoms with Gasteiger partial charge in [0.25, 0.3) is 0 Å². The van der Waals surface area contributed by atoms with Crippen molar-refractivity contribution in [1.29, 1.82) is 0 Å². The molecule has 1 aromatic heterocycles. The Bertz CT molecular complexity index is 236. The van der Waals surface area contributed by atoms with Crippen LogP contribution in [0.4, 0.5) is 5.82 Å². The lowest BCUT2D eigenvalue weighted by molar-refractivity contribution is 0.651. The van der Waals surface area contributed by atoms with E-state index < -0.39 is 0 Å². The summed E-state index contributed by atoms with van der Waals surface area (Å²) in [5, 5.41) is 8.25. The topological polar surface area (TPSA) is 34.0 Å². The number of hydrogen-bond acceptors (Lipinski definition) is 3. The van der Waals surface area contributed by atoms with E-state index in [1.165, 1.54) is 12.8 Å². The molecule has 0 amide bonds. The molecule has 4 heteroatoms. The Hall–Kier alpha value is -1.06. The van der Waals surface area contributed by atoms with Crippen LogP contribution in [-0.2, 0) is 7.05 Å². The van der Waals surface area contributed by atoms with Gasteiger partial charge in [-0.15, -0.1) is 5.10 Å². The Morgan fingerprint density at radius 1 is 1.36 bits per heavy atom. The first-order valence-electron chi connectivity index (χ1n) is 3.97. The van der Waals surface area contributed by atoms with Crippen LogP contribution >= 0.6 is 0 Å². The second-order valence-corrected chi connectivity index (χ2v) is 2.89. The molecule has 0 bridgehead atoms. The third-order valence-corrected chi connectivity index (χ3v) is 2.02. The minimum Gasteiger partial charge on any atom is -0.354 e. The summed E-state index contributed by atoms with van der Waals surface area (Å²) in [6, 6.07) is 0. The van der Waals surface area contributed by atoms with E-state index in [4.69, 9.17) is 0 Å². The minimum absolute atomic E-state index is 1.02. The number of aryl methyl sites for hydroxylation is 1. The van der Waals surface area contributed by atoms with Crippen LogP contribution in [0.15, 0.2) is 6.20 Å². The van der Waals surface area contributed by atoms with Gasteiger partial charge in [-0.3, -0.25) is 0 Å². The highest BCUT2D eigenvalue weighted by Crippen LogP contribution is 2.15. The van der Waals surface area contributed by atoms with Crippen LogP contribution in [0.1, 0.15) is 12.8 Å². The molecule has 0 atom stereocenters. The SMILES string of the molecule is Cn1ncc(N2CCCC2)n1. The Morgan fingerprint density at radius 2 is 2.09 bits per heavy atom. The Labute approximate surface area is 65.8 Å². The van der Waals surface area contributed by atoms with Crippen molar-refractivity contribution < 1.29 is 0 Å². The van der Waals surface area contributed by atoms with E-state index in [-0.39, 0.29) is 0 Å². The molecule has 2 rings (SSSR count). The molecule has 0 N–H and O–H groups in total. The Balaban J connectivity index is 2.15. The average molecular weight is 152 g/mol. The summed E-state index contributed by atoms with van der Waals surface area (Å²) in [6.45, 7) is 2.28. The largest absolute Gasteiger partial charge is 0.354 e. The Morgan fingerprint density at radius 3 is 2.64 bits per heavy atom. The molecule has 1 fully saturated rings. The molecule has 0 saturated carbocycles. The van der Waals surface area contributed by atoms with Crippen molar-refractivity contribution in [3.63, 3.8) is 0 Å². The zero-order valence-corrected chi connectivity index (χ0v) is 6.69. The van der Waals surface area contributed by atoms with Crippen molar-refractivity contribution >= 4 is 5.82 Å². The maximum absolute atomic E-state index is 4.22. The van der Waals surface area contributed by atoms with Crippen LogP contribution in [0, 0.1) is 0 Å². The molecule has 1 saturated heterocycles. The highest BCUT2D eigenvalue weighted by molar-refractivity contribution is 5.35. The second-order valence-electron chi connectivity index (χ2n) is 2.89. The highest BCUT2D eigenvalue weighted by atomic mass is 15.5. The molecule has 0 aliphatic carbocycles. The van der Waals surface area contributed by atoms with Gasteiger partial charge >= 0.3 is 0 Å². The van der Waals surface area contributed by atoms with Crippen LogP contribution in [0.5, 0.6) is 0 Å². The third-order valence-electron chi connectivity index (χ3n) is 2.02. The van der Waals surface area contributed by atoms with Gasteiger partial charge in [0.05, 0.1) is 6.20 Å². The fourth-order valence-corrected chi connectivity index (χ4v) is 1.43. The highest BCUT2D eigenvalue weighted by Gasteiger charge is 2.14. The van der Waals surface area contributed by atoms with Gasteiger partial charge in [0, 0.05) is 20.1 Å². The third kappa shape index (κ3) is 1.20. The molecular formula is C7H12N4. The van der Waals surface area contributed by atoms with E-state index in [0.717, 1.165) is 18.9 Å². The van der Waals surface area contributed by atoms with Crippen molar-refractivity contribution in [2.24, 2.45) is 7.05 Å². The zero-order valence-electron chi connectivity index (χ0n) is 6.69. The van der Waals surface area contributed by atoms with Crippen LogP contribution in [-0.4, -0.2) is 28.1 Å². The lowest BCUT2D eigenvalue weighted by atomic mass is 10.4. The van der Waals surface area contributed by atoms with E-state index in [1.807, 2.05) is 13.2 Å². The maximum atomic E-state index is 4.22. The standard InChI is InChI=1S/C7H12N4/c1-10-8-6-7(9-10)11-4-2-3-5-11/h6H,2-5H2,1H3. The van der Waals surface area contributed by atoms with Crippen LogP contribution in [0.3, 0.4) is 0 Å². The van der Waals surface area contributed by atoms with Crippen LogP contribution in [0.25, 0.3) is 0 Å². The Kier molecular flexibility index (Phi) is 1.52. The van der Waals surface area contributed by atoms with Crippen molar-refractivity contribution in [2.75, 3.05) is 18.0 Å². The van der Waals surface area contributed by atoms with E-state index in [1.54, 1.807) is 4.80 Å². The molecular weight excluding hydrogens is 140 g/mol. The van der Waals surface area contributed by atoms with Gasteiger partial charge in [-0.2, -0.15) is 9.90 Å². The lowest BCUT2D eigenvalue weighted by Gasteiger charge is -2.11. The summed E-state index contributed by atoms with van der Waals surface area (Å²) in [6.07, 6.45) is 4.40. The van der Waals surface area contributed by atoms with E-state index in [2.05, 4.69) is 15.1 Å². The lowest BCUT2D eigenvalue weighted by Crippen LogP contribution is -2.18. The predicted octanol–water partition coefficient (Wildman–Crippen LogP) is 0.415. The first-order valence-corrected chi connectivity index (χ1v) is 3.97. The quantitative estimate of drug-likeness (QED) is 0.584. The number of rotatable bonds is 1. The minimum atomic E-state index is 1.02. The number of nitrogens with zero attached hydrogens (tertiary/aromatic N) is 4. The monoisotopic (exact) mass is 152 g/mol. The van der Waals surface area contributed by atoms with E-state index in [9.17, 15) is 0 Å².